The van der Waals surface area contributed by atoms with Crippen LogP contribution in [0, 0.1) is 11.6 Å². The number of hydrogen-bond donors (Lipinski definition) is 1. The minimum absolute atomic E-state index is 0.291. The molecule has 0 spiro atoms. The summed E-state index contributed by atoms with van der Waals surface area (Å²) in [5.74, 6) is -3.89. The lowest BCUT2D eigenvalue weighted by atomic mass is 10.1. The summed E-state index contributed by atoms with van der Waals surface area (Å²) in [6.45, 7) is 0.464. The van der Waals surface area contributed by atoms with Gasteiger partial charge in [-0.15, -0.1) is 0 Å². The molecule has 0 unspecified atom stereocenters. The molecule has 0 fully saturated rings. The van der Waals surface area contributed by atoms with E-state index in [4.69, 9.17) is 0 Å². The van der Waals surface area contributed by atoms with Crippen LogP contribution >= 0.6 is 0 Å². The van der Waals surface area contributed by atoms with Crippen LogP contribution < -0.4 is 5.49 Å². The van der Waals surface area contributed by atoms with Crippen molar-refractivity contribution in [2.45, 2.75) is 6.54 Å². The molecule has 3 rings (SSSR count). The van der Waals surface area contributed by atoms with Gasteiger partial charge in [0, 0.05) is 24.9 Å². The molecule has 1 amide bonds. The zero-order valence-corrected chi connectivity index (χ0v) is 13.1. The summed E-state index contributed by atoms with van der Waals surface area (Å²) in [4.78, 5) is 16.1. The summed E-state index contributed by atoms with van der Waals surface area (Å²) < 4.78 is 28.6. The van der Waals surface area contributed by atoms with Gasteiger partial charge in [0.15, 0.2) is 0 Å². The fraction of sp³-hybridized carbons (Fsp3) is 0.0526. The molecule has 126 valence electrons. The third-order valence-electron chi connectivity index (χ3n) is 3.58. The van der Waals surface area contributed by atoms with Crippen molar-refractivity contribution < 1.29 is 18.7 Å². The Balaban J connectivity index is 2.01. The number of halogens is 2. The van der Waals surface area contributed by atoms with Gasteiger partial charge in [0.2, 0.25) is 0 Å². The van der Waals surface area contributed by atoms with Crippen LogP contribution in [0.15, 0.2) is 71.9 Å². The summed E-state index contributed by atoms with van der Waals surface area (Å²) in [5, 5.41) is 9.66. The molecule has 4 nitrogen and oxygen atoms in total. The lowest BCUT2D eigenvalue weighted by Crippen LogP contribution is -2.22. The van der Waals surface area contributed by atoms with E-state index < -0.39 is 28.9 Å². The summed E-state index contributed by atoms with van der Waals surface area (Å²) in [7, 11) is 0. The van der Waals surface area contributed by atoms with E-state index in [1.54, 1.807) is 29.0 Å². The van der Waals surface area contributed by atoms with Crippen LogP contribution in [0.4, 0.5) is 8.78 Å². The first-order valence-electron chi connectivity index (χ1n) is 7.51. The monoisotopic (exact) mass is 340 g/mol. The molecule has 0 aliphatic heterocycles. The first-order chi connectivity index (χ1) is 12.0. The third-order valence-corrected chi connectivity index (χ3v) is 3.58. The van der Waals surface area contributed by atoms with Gasteiger partial charge >= 0.3 is 0 Å². The average Bonchev–Trinajstić information content (AvgIpc) is 2.56. The topological polar surface area (TPSA) is 54.6 Å². The third kappa shape index (κ3) is 3.80. The second-order valence-corrected chi connectivity index (χ2v) is 5.37. The van der Waals surface area contributed by atoms with Crippen LogP contribution in [0.5, 0.6) is 5.75 Å². The van der Waals surface area contributed by atoms with Crippen molar-refractivity contribution in [3.8, 4) is 5.75 Å². The molecule has 0 radical (unpaired) electrons. The van der Waals surface area contributed by atoms with E-state index in [-0.39, 0.29) is 0 Å². The highest BCUT2D eigenvalue weighted by molar-refractivity contribution is 5.97. The Bertz CT molecular complexity index is 959. The lowest BCUT2D eigenvalue weighted by Gasteiger charge is -2.08. The van der Waals surface area contributed by atoms with Gasteiger partial charge in [0.05, 0.1) is 0 Å². The fourth-order valence-corrected chi connectivity index (χ4v) is 2.41. The van der Waals surface area contributed by atoms with Crippen LogP contribution in [-0.4, -0.2) is 15.6 Å². The molecule has 25 heavy (non-hydrogen) atoms. The summed E-state index contributed by atoms with van der Waals surface area (Å²) in [5.41, 5.74) is 0.634. The van der Waals surface area contributed by atoms with Crippen LogP contribution in [0.2, 0.25) is 0 Å². The highest BCUT2D eigenvalue weighted by atomic mass is 19.1. The summed E-state index contributed by atoms with van der Waals surface area (Å²) >= 11 is 0. The molecular formula is C19H14F2N2O2. The van der Waals surface area contributed by atoms with Gasteiger partial charge in [-0.25, -0.2) is 8.78 Å². The Morgan fingerprint density at radius 3 is 2.48 bits per heavy atom. The quantitative estimate of drug-likeness (QED) is 0.796. The van der Waals surface area contributed by atoms with Crippen molar-refractivity contribution in [1.82, 2.24) is 4.57 Å². The minimum atomic E-state index is -1.16. The first kappa shape index (κ1) is 16.6. The van der Waals surface area contributed by atoms with Crippen molar-refractivity contribution in [3.05, 3.63) is 95.1 Å². The number of phenols is 1. The SMILES string of the molecule is O=C(N=c1ccccn1Cc1ccccc1)c1c(O)cc(F)cc1F. The van der Waals surface area contributed by atoms with Gasteiger partial charge in [-0.2, -0.15) is 4.99 Å². The molecule has 1 aromatic heterocycles. The van der Waals surface area contributed by atoms with Crippen molar-refractivity contribution in [3.63, 3.8) is 0 Å². The van der Waals surface area contributed by atoms with Gasteiger partial charge in [-0.3, -0.25) is 4.79 Å². The Morgan fingerprint density at radius 2 is 1.76 bits per heavy atom. The summed E-state index contributed by atoms with van der Waals surface area (Å²) in [6, 6.07) is 15.8. The molecular weight excluding hydrogens is 326 g/mol. The molecule has 1 N–H and O–H groups in total. The van der Waals surface area contributed by atoms with Crippen LogP contribution in [-0.2, 0) is 6.54 Å². The summed E-state index contributed by atoms with van der Waals surface area (Å²) in [6.07, 6.45) is 1.74. The lowest BCUT2D eigenvalue weighted by molar-refractivity contribution is 0.0990. The first-order valence-corrected chi connectivity index (χ1v) is 7.51. The second kappa shape index (κ2) is 7.09. The van der Waals surface area contributed by atoms with Crippen molar-refractivity contribution in [1.29, 1.82) is 0 Å². The molecule has 2 aromatic carbocycles. The van der Waals surface area contributed by atoms with Gasteiger partial charge < -0.3 is 9.67 Å². The van der Waals surface area contributed by atoms with Gasteiger partial charge in [0.25, 0.3) is 5.91 Å². The Morgan fingerprint density at radius 1 is 1.04 bits per heavy atom. The standard InChI is InChI=1S/C19H14F2N2O2/c20-14-10-15(21)18(16(24)11-14)19(25)22-17-8-4-5-9-23(17)12-13-6-2-1-3-7-13/h1-11,24H,12H2. The average molecular weight is 340 g/mol. The second-order valence-electron chi connectivity index (χ2n) is 5.37. The van der Waals surface area contributed by atoms with Gasteiger partial charge in [-0.05, 0) is 17.7 Å². The number of aromatic nitrogens is 1. The molecule has 0 saturated carbocycles. The molecule has 6 heteroatoms. The normalized spacial score (nSPS) is 11.5. The maximum atomic E-state index is 13.8. The van der Waals surface area contributed by atoms with Crippen molar-refractivity contribution in [2.24, 2.45) is 4.99 Å². The minimum Gasteiger partial charge on any atom is -0.507 e. The predicted molar refractivity (Wildman–Crippen MR) is 87.9 cm³/mol. The van der Waals surface area contributed by atoms with E-state index >= 15 is 0 Å². The molecule has 0 atom stereocenters. The van der Waals surface area contributed by atoms with Crippen molar-refractivity contribution in [2.75, 3.05) is 0 Å². The molecule has 3 aromatic rings. The number of benzene rings is 2. The predicted octanol–water partition coefficient (Wildman–Crippen LogP) is 3.26. The Labute approximate surface area is 142 Å². The molecule has 0 aliphatic rings. The fourth-order valence-electron chi connectivity index (χ4n) is 2.41. The maximum Gasteiger partial charge on any atom is 0.285 e. The van der Waals surface area contributed by atoms with Gasteiger partial charge in [-0.1, -0.05) is 36.4 Å². The molecule has 1 heterocycles. The van der Waals surface area contributed by atoms with E-state index in [1.807, 2.05) is 30.3 Å². The number of carbonyl (C=O) groups is 1. The number of carbonyl (C=O) groups excluding carboxylic acids is 1. The highest BCUT2D eigenvalue weighted by Gasteiger charge is 2.18. The van der Waals surface area contributed by atoms with E-state index in [1.165, 1.54) is 0 Å². The van der Waals surface area contributed by atoms with Crippen LogP contribution in [0.25, 0.3) is 0 Å². The smallest absolute Gasteiger partial charge is 0.285 e. The molecule has 0 bridgehead atoms. The van der Waals surface area contributed by atoms with E-state index in [0.717, 1.165) is 5.56 Å². The van der Waals surface area contributed by atoms with E-state index in [2.05, 4.69) is 4.99 Å². The van der Waals surface area contributed by atoms with Crippen molar-refractivity contribution >= 4 is 5.91 Å². The molecule has 0 aliphatic carbocycles. The number of pyridine rings is 1. The largest absolute Gasteiger partial charge is 0.507 e. The molecule has 0 saturated heterocycles. The zero-order valence-electron chi connectivity index (χ0n) is 13.1. The maximum absolute atomic E-state index is 13.8. The number of hydrogen-bond acceptors (Lipinski definition) is 2. The number of amides is 1. The van der Waals surface area contributed by atoms with E-state index in [9.17, 15) is 18.7 Å². The number of rotatable bonds is 3. The number of aromatic hydroxyl groups is 1. The Hall–Kier alpha value is -3.28. The number of nitrogens with zero attached hydrogens (tertiary/aromatic N) is 2. The van der Waals surface area contributed by atoms with Crippen LogP contribution in [0.3, 0.4) is 0 Å². The highest BCUT2D eigenvalue weighted by Crippen LogP contribution is 2.22. The number of phenolic OH excluding ortho intramolecular Hbond substituents is 1. The van der Waals surface area contributed by atoms with Crippen LogP contribution in [0.1, 0.15) is 15.9 Å². The van der Waals surface area contributed by atoms with E-state index in [0.29, 0.717) is 24.2 Å². The van der Waals surface area contributed by atoms with Gasteiger partial charge in [0.1, 0.15) is 28.4 Å². The Kier molecular flexibility index (Phi) is 4.70. The zero-order chi connectivity index (χ0) is 17.8.